The summed E-state index contributed by atoms with van der Waals surface area (Å²) in [6.45, 7) is 2.89. The van der Waals surface area contributed by atoms with Crippen LogP contribution < -0.4 is 6.15 Å². The SMILES string of the molecule is Cc1ccc(COC2CC2)cc1.N. The normalized spacial score (nSPS) is 15.2. The van der Waals surface area contributed by atoms with Crippen LogP contribution in [0.25, 0.3) is 0 Å². The van der Waals surface area contributed by atoms with Crippen molar-refractivity contribution in [2.45, 2.75) is 32.5 Å². The van der Waals surface area contributed by atoms with E-state index in [1.54, 1.807) is 0 Å². The molecule has 0 amide bonds. The maximum absolute atomic E-state index is 5.58. The van der Waals surface area contributed by atoms with Gasteiger partial charge in [0, 0.05) is 0 Å². The maximum atomic E-state index is 5.58. The smallest absolute Gasteiger partial charge is 0.0720 e. The van der Waals surface area contributed by atoms with Gasteiger partial charge in [0.05, 0.1) is 12.7 Å². The van der Waals surface area contributed by atoms with Crippen molar-refractivity contribution in [1.29, 1.82) is 0 Å². The minimum atomic E-state index is 0. The van der Waals surface area contributed by atoms with Gasteiger partial charge >= 0.3 is 0 Å². The third-order valence-electron chi connectivity index (χ3n) is 2.13. The Bertz CT molecular complexity index is 251. The van der Waals surface area contributed by atoms with Crippen LogP contribution in [0.1, 0.15) is 24.0 Å². The van der Waals surface area contributed by atoms with Crippen LogP contribution in [0.15, 0.2) is 24.3 Å². The molecule has 0 unspecified atom stereocenters. The molecule has 0 spiro atoms. The van der Waals surface area contributed by atoms with Gasteiger partial charge in [-0.25, -0.2) is 0 Å². The maximum Gasteiger partial charge on any atom is 0.0720 e. The summed E-state index contributed by atoms with van der Waals surface area (Å²) in [5.41, 5.74) is 2.60. The fraction of sp³-hybridized carbons (Fsp3) is 0.455. The van der Waals surface area contributed by atoms with Crippen LogP contribution in [-0.4, -0.2) is 6.10 Å². The lowest BCUT2D eigenvalue weighted by molar-refractivity contribution is 0.106. The molecule has 13 heavy (non-hydrogen) atoms. The topological polar surface area (TPSA) is 44.2 Å². The number of benzene rings is 1. The fourth-order valence-corrected chi connectivity index (χ4v) is 1.13. The van der Waals surface area contributed by atoms with Gasteiger partial charge in [0.2, 0.25) is 0 Å². The van der Waals surface area contributed by atoms with Crippen LogP contribution in [0.4, 0.5) is 0 Å². The molecule has 0 aliphatic heterocycles. The van der Waals surface area contributed by atoms with Crippen LogP contribution in [0, 0.1) is 6.92 Å². The van der Waals surface area contributed by atoms with Crippen molar-refractivity contribution in [1.82, 2.24) is 6.15 Å². The largest absolute Gasteiger partial charge is 0.374 e. The van der Waals surface area contributed by atoms with Crippen LogP contribution in [-0.2, 0) is 11.3 Å². The van der Waals surface area contributed by atoms with Crippen LogP contribution >= 0.6 is 0 Å². The van der Waals surface area contributed by atoms with Gasteiger partial charge in [-0.2, -0.15) is 0 Å². The van der Waals surface area contributed by atoms with Gasteiger partial charge in [-0.1, -0.05) is 29.8 Å². The van der Waals surface area contributed by atoms with E-state index in [1.807, 2.05) is 0 Å². The molecule has 2 heteroatoms. The van der Waals surface area contributed by atoms with E-state index in [4.69, 9.17) is 4.74 Å². The summed E-state index contributed by atoms with van der Waals surface area (Å²) < 4.78 is 5.58. The molecule has 0 aromatic heterocycles. The molecule has 0 atom stereocenters. The molecule has 0 bridgehead atoms. The van der Waals surface area contributed by atoms with Gasteiger partial charge in [0.1, 0.15) is 0 Å². The van der Waals surface area contributed by atoms with Crippen LogP contribution in [0.3, 0.4) is 0 Å². The third-order valence-corrected chi connectivity index (χ3v) is 2.13. The van der Waals surface area contributed by atoms with Crippen LogP contribution in [0.2, 0.25) is 0 Å². The average Bonchev–Trinajstić information content (AvgIpc) is 2.87. The molecule has 3 N–H and O–H groups in total. The predicted octanol–water partition coefficient (Wildman–Crippen LogP) is 2.84. The number of rotatable bonds is 3. The van der Waals surface area contributed by atoms with Crippen molar-refractivity contribution in [3.8, 4) is 0 Å². The van der Waals surface area contributed by atoms with Crippen molar-refractivity contribution in [3.63, 3.8) is 0 Å². The molecular weight excluding hydrogens is 162 g/mol. The lowest BCUT2D eigenvalue weighted by Crippen LogP contribution is -1.93. The van der Waals surface area contributed by atoms with Gasteiger partial charge < -0.3 is 10.9 Å². The molecule has 72 valence electrons. The van der Waals surface area contributed by atoms with Gasteiger partial charge in [0.25, 0.3) is 0 Å². The zero-order valence-corrected chi connectivity index (χ0v) is 8.12. The van der Waals surface area contributed by atoms with E-state index in [-0.39, 0.29) is 6.15 Å². The Kier molecular flexibility index (Phi) is 3.46. The van der Waals surface area contributed by atoms with Crippen molar-refractivity contribution in [3.05, 3.63) is 35.4 Å². The first kappa shape index (κ1) is 10.2. The zero-order chi connectivity index (χ0) is 8.39. The summed E-state index contributed by atoms with van der Waals surface area (Å²) in [7, 11) is 0. The fourth-order valence-electron chi connectivity index (χ4n) is 1.13. The Morgan fingerprint density at radius 1 is 1.23 bits per heavy atom. The number of hydrogen-bond donors (Lipinski definition) is 1. The molecule has 1 aromatic carbocycles. The van der Waals surface area contributed by atoms with Gasteiger partial charge in [-0.3, -0.25) is 0 Å². The highest BCUT2D eigenvalue weighted by molar-refractivity contribution is 5.20. The monoisotopic (exact) mass is 179 g/mol. The molecule has 1 aliphatic carbocycles. The highest BCUT2D eigenvalue weighted by Gasteiger charge is 2.21. The Balaban J connectivity index is 0.000000845. The summed E-state index contributed by atoms with van der Waals surface area (Å²) in [6, 6.07) is 8.53. The molecule has 2 nitrogen and oxygen atoms in total. The Morgan fingerprint density at radius 3 is 2.38 bits per heavy atom. The van der Waals surface area contributed by atoms with Gasteiger partial charge in [0.15, 0.2) is 0 Å². The van der Waals surface area contributed by atoms with Crippen molar-refractivity contribution in [2.75, 3.05) is 0 Å². The second-order valence-electron chi connectivity index (χ2n) is 3.50. The Hall–Kier alpha value is -0.860. The van der Waals surface area contributed by atoms with Gasteiger partial charge in [-0.05, 0) is 25.3 Å². The molecule has 0 radical (unpaired) electrons. The zero-order valence-electron chi connectivity index (χ0n) is 8.12. The Morgan fingerprint density at radius 2 is 1.85 bits per heavy atom. The van der Waals surface area contributed by atoms with Crippen molar-refractivity contribution >= 4 is 0 Å². The van der Waals surface area contributed by atoms with E-state index in [9.17, 15) is 0 Å². The first-order chi connectivity index (χ1) is 5.84. The van der Waals surface area contributed by atoms with E-state index in [0.29, 0.717) is 6.10 Å². The summed E-state index contributed by atoms with van der Waals surface area (Å²) in [5, 5.41) is 0. The molecule has 1 aliphatic rings. The van der Waals surface area contributed by atoms with Crippen molar-refractivity contribution in [2.24, 2.45) is 0 Å². The van der Waals surface area contributed by atoms with E-state index in [2.05, 4.69) is 31.2 Å². The quantitative estimate of drug-likeness (QED) is 0.775. The molecule has 2 rings (SSSR count). The summed E-state index contributed by atoms with van der Waals surface area (Å²) in [4.78, 5) is 0. The highest BCUT2D eigenvalue weighted by Crippen LogP contribution is 2.24. The van der Waals surface area contributed by atoms with E-state index in [1.165, 1.54) is 24.0 Å². The number of ether oxygens (including phenoxy) is 1. The minimum Gasteiger partial charge on any atom is -0.374 e. The minimum absolute atomic E-state index is 0. The van der Waals surface area contributed by atoms with Crippen LogP contribution in [0.5, 0.6) is 0 Å². The summed E-state index contributed by atoms with van der Waals surface area (Å²) >= 11 is 0. The first-order valence-electron chi connectivity index (χ1n) is 4.52. The molecule has 1 aromatic rings. The first-order valence-corrected chi connectivity index (χ1v) is 4.52. The lowest BCUT2D eigenvalue weighted by atomic mass is 10.2. The second-order valence-corrected chi connectivity index (χ2v) is 3.50. The average molecular weight is 179 g/mol. The number of aryl methyl sites for hydroxylation is 1. The third kappa shape index (κ3) is 3.17. The molecule has 1 saturated carbocycles. The Labute approximate surface area is 79.5 Å². The highest BCUT2D eigenvalue weighted by atomic mass is 16.5. The van der Waals surface area contributed by atoms with E-state index < -0.39 is 0 Å². The van der Waals surface area contributed by atoms with E-state index >= 15 is 0 Å². The predicted molar refractivity (Wildman–Crippen MR) is 54.0 cm³/mol. The molecule has 1 fully saturated rings. The lowest BCUT2D eigenvalue weighted by Gasteiger charge is -2.02. The summed E-state index contributed by atoms with van der Waals surface area (Å²) in [6.07, 6.45) is 3.07. The van der Waals surface area contributed by atoms with Crippen molar-refractivity contribution < 1.29 is 4.74 Å². The second kappa shape index (κ2) is 4.40. The van der Waals surface area contributed by atoms with Gasteiger partial charge in [-0.15, -0.1) is 0 Å². The molecular formula is C11H17NO. The standard InChI is InChI=1S/C11H14O.H3N/c1-9-2-4-10(5-3-9)8-12-11-6-7-11;/h2-5,11H,6-8H2,1H3;1H3. The molecule has 0 saturated heterocycles. The molecule has 0 heterocycles. The van der Waals surface area contributed by atoms with E-state index in [0.717, 1.165) is 6.61 Å². The summed E-state index contributed by atoms with van der Waals surface area (Å²) in [5.74, 6) is 0. The number of hydrogen-bond acceptors (Lipinski definition) is 2.